The average Bonchev–Trinajstić information content (AvgIpc) is 2.75. The molecule has 0 spiro atoms. The Morgan fingerprint density at radius 3 is 2.76 bits per heavy atom. The van der Waals surface area contributed by atoms with Crippen molar-refractivity contribution in [2.24, 2.45) is 7.05 Å². The molecule has 114 valence electrons. The van der Waals surface area contributed by atoms with Crippen LogP contribution in [0.4, 0.5) is 0 Å². The van der Waals surface area contributed by atoms with Crippen LogP contribution in [0.15, 0.2) is 24.3 Å². The minimum absolute atomic E-state index is 0.485. The van der Waals surface area contributed by atoms with Crippen molar-refractivity contribution >= 4 is 11.6 Å². The van der Waals surface area contributed by atoms with Crippen LogP contribution in [0.25, 0.3) is 0 Å². The third-order valence-electron chi connectivity index (χ3n) is 3.67. The number of aryl methyl sites for hydroxylation is 3. The maximum atomic E-state index is 10.3. The summed E-state index contributed by atoms with van der Waals surface area (Å²) >= 11 is 6.25. The van der Waals surface area contributed by atoms with Crippen LogP contribution in [-0.4, -0.2) is 21.4 Å². The maximum Gasteiger partial charge on any atom is 0.131 e. The van der Waals surface area contributed by atoms with Crippen molar-refractivity contribution in [3.05, 3.63) is 51.8 Å². The van der Waals surface area contributed by atoms with Crippen LogP contribution in [0.1, 0.15) is 35.4 Å². The lowest BCUT2D eigenvalue weighted by Crippen LogP contribution is -2.22. The van der Waals surface area contributed by atoms with Crippen LogP contribution in [-0.2, 0) is 20.0 Å². The molecule has 0 aliphatic heterocycles. The van der Waals surface area contributed by atoms with E-state index in [1.807, 2.05) is 38.2 Å². The largest absolute Gasteiger partial charge is 0.387 e. The molecule has 1 aromatic heterocycles. The van der Waals surface area contributed by atoms with E-state index >= 15 is 0 Å². The highest BCUT2D eigenvalue weighted by Crippen LogP contribution is 2.20. The van der Waals surface area contributed by atoms with Gasteiger partial charge in [0.15, 0.2) is 0 Å². The summed E-state index contributed by atoms with van der Waals surface area (Å²) in [6, 6.07) is 7.88. The van der Waals surface area contributed by atoms with E-state index in [1.54, 1.807) is 4.68 Å². The van der Waals surface area contributed by atoms with Crippen molar-refractivity contribution in [3.8, 4) is 0 Å². The van der Waals surface area contributed by atoms with Gasteiger partial charge in [0.05, 0.1) is 11.8 Å². The molecule has 0 saturated heterocycles. The molecule has 2 rings (SSSR count). The fourth-order valence-electron chi connectivity index (χ4n) is 2.46. The topological polar surface area (TPSA) is 50.1 Å². The van der Waals surface area contributed by atoms with Gasteiger partial charge in [0.2, 0.25) is 0 Å². The van der Waals surface area contributed by atoms with E-state index in [4.69, 9.17) is 11.6 Å². The molecule has 1 aromatic carbocycles. The summed E-state index contributed by atoms with van der Waals surface area (Å²) in [5.74, 6) is 0. The number of hydrogen-bond acceptors (Lipinski definition) is 3. The molecule has 0 aliphatic carbocycles. The first-order valence-electron chi connectivity index (χ1n) is 7.19. The molecule has 1 heterocycles. The Hall–Kier alpha value is -1.36. The molecule has 2 N–H and O–H groups in total. The first-order valence-corrected chi connectivity index (χ1v) is 7.57. The monoisotopic (exact) mass is 307 g/mol. The molecule has 2 aromatic rings. The number of aromatic nitrogens is 2. The number of aliphatic hydroxyl groups is 1. The number of rotatable bonds is 6. The molecule has 1 atom stereocenters. The first-order chi connectivity index (χ1) is 10.0. The first kappa shape index (κ1) is 16.0. The normalized spacial score (nSPS) is 12.6. The van der Waals surface area contributed by atoms with Gasteiger partial charge in [-0.1, -0.05) is 42.8 Å². The van der Waals surface area contributed by atoms with Gasteiger partial charge in [0, 0.05) is 25.7 Å². The minimum Gasteiger partial charge on any atom is -0.387 e. The predicted octanol–water partition coefficient (Wildman–Crippen LogP) is 2.77. The Kier molecular flexibility index (Phi) is 5.39. The van der Waals surface area contributed by atoms with Gasteiger partial charge in [-0.15, -0.1) is 0 Å². The van der Waals surface area contributed by atoms with E-state index in [-0.39, 0.29) is 0 Å². The molecule has 0 radical (unpaired) electrons. The minimum atomic E-state index is -0.522. The summed E-state index contributed by atoms with van der Waals surface area (Å²) in [5, 5.41) is 18.6. The molecule has 4 nitrogen and oxygen atoms in total. The summed E-state index contributed by atoms with van der Waals surface area (Å²) in [6.45, 7) is 5.16. The number of halogens is 1. The van der Waals surface area contributed by atoms with E-state index in [9.17, 15) is 5.11 Å². The Bertz CT molecular complexity index is 610. The number of aliphatic hydroxyl groups excluding tert-OH is 1. The highest BCUT2D eigenvalue weighted by Gasteiger charge is 2.14. The lowest BCUT2D eigenvalue weighted by Gasteiger charge is -2.14. The second-order valence-corrected chi connectivity index (χ2v) is 5.55. The Morgan fingerprint density at radius 2 is 2.10 bits per heavy atom. The third kappa shape index (κ3) is 3.64. The van der Waals surface area contributed by atoms with E-state index < -0.39 is 6.10 Å². The zero-order chi connectivity index (χ0) is 15.4. The smallest absolute Gasteiger partial charge is 0.131 e. The molecule has 1 unspecified atom stereocenters. The van der Waals surface area contributed by atoms with Crippen LogP contribution in [0.2, 0.25) is 5.15 Å². The van der Waals surface area contributed by atoms with Crippen LogP contribution in [0.5, 0.6) is 0 Å². The van der Waals surface area contributed by atoms with Crippen molar-refractivity contribution in [2.45, 2.75) is 32.9 Å². The van der Waals surface area contributed by atoms with Gasteiger partial charge in [-0.2, -0.15) is 5.10 Å². The summed E-state index contributed by atoms with van der Waals surface area (Å²) in [4.78, 5) is 0. The van der Waals surface area contributed by atoms with E-state index in [0.29, 0.717) is 18.2 Å². The second-order valence-electron chi connectivity index (χ2n) is 5.20. The van der Waals surface area contributed by atoms with E-state index in [0.717, 1.165) is 28.8 Å². The van der Waals surface area contributed by atoms with Crippen molar-refractivity contribution in [2.75, 3.05) is 6.54 Å². The zero-order valence-electron chi connectivity index (χ0n) is 12.7. The van der Waals surface area contributed by atoms with Gasteiger partial charge in [-0.05, 0) is 24.5 Å². The molecule has 0 amide bonds. The highest BCUT2D eigenvalue weighted by molar-refractivity contribution is 6.30. The number of hydrogen-bond donors (Lipinski definition) is 2. The van der Waals surface area contributed by atoms with Gasteiger partial charge in [-0.3, -0.25) is 4.68 Å². The number of nitrogens with zero attached hydrogens (tertiary/aromatic N) is 2. The van der Waals surface area contributed by atoms with Gasteiger partial charge in [-0.25, -0.2) is 0 Å². The van der Waals surface area contributed by atoms with Crippen molar-refractivity contribution < 1.29 is 5.11 Å². The lowest BCUT2D eigenvalue weighted by atomic mass is 10.0. The van der Waals surface area contributed by atoms with Gasteiger partial charge < -0.3 is 10.4 Å². The van der Waals surface area contributed by atoms with Gasteiger partial charge >= 0.3 is 0 Å². The molecular weight excluding hydrogens is 286 g/mol. The van der Waals surface area contributed by atoms with E-state index in [2.05, 4.69) is 17.3 Å². The summed E-state index contributed by atoms with van der Waals surface area (Å²) in [5.41, 5.74) is 4.07. The van der Waals surface area contributed by atoms with Crippen LogP contribution in [0.3, 0.4) is 0 Å². The van der Waals surface area contributed by atoms with Gasteiger partial charge in [0.25, 0.3) is 0 Å². The number of benzene rings is 1. The quantitative estimate of drug-likeness (QED) is 0.863. The van der Waals surface area contributed by atoms with Crippen molar-refractivity contribution in [1.82, 2.24) is 15.1 Å². The van der Waals surface area contributed by atoms with Crippen LogP contribution < -0.4 is 5.32 Å². The second kappa shape index (κ2) is 7.07. The Labute approximate surface area is 130 Å². The molecule has 21 heavy (non-hydrogen) atoms. The summed E-state index contributed by atoms with van der Waals surface area (Å²) in [7, 11) is 1.84. The summed E-state index contributed by atoms with van der Waals surface area (Å²) in [6.07, 6.45) is 0.324. The molecule has 0 bridgehead atoms. The third-order valence-corrected chi connectivity index (χ3v) is 4.15. The van der Waals surface area contributed by atoms with Crippen LogP contribution >= 0.6 is 11.6 Å². The fourth-order valence-corrected chi connectivity index (χ4v) is 2.68. The maximum absolute atomic E-state index is 10.3. The molecule has 0 aliphatic rings. The Morgan fingerprint density at radius 1 is 1.38 bits per heavy atom. The van der Waals surface area contributed by atoms with E-state index in [1.165, 1.54) is 0 Å². The van der Waals surface area contributed by atoms with Gasteiger partial charge in [0.1, 0.15) is 5.15 Å². The Balaban J connectivity index is 1.97. The van der Waals surface area contributed by atoms with Crippen molar-refractivity contribution in [1.29, 1.82) is 0 Å². The molecule has 0 fully saturated rings. The standard InChI is InChI=1S/C16H22ClN3O/c1-4-14-13(16(17)20(3)19-14)9-18-10-15(21)12-8-6-5-7-11(12)2/h5-8,15,18,21H,4,9-10H2,1-3H3. The average molecular weight is 308 g/mol. The molecular formula is C16H22ClN3O. The number of nitrogens with one attached hydrogen (secondary N) is 1. The molecule has 5 heteroatoms. The summed E-state index contributed by atoms with van der Waals surface area (Å²) < 4.78 is 1.69. The van der Waals surface area contributed by atoms with Crippen LogP contribution in [0, 0.1) is 6.92 Å². The predicted molar refractivity (Wildman–Crippen MR) is 85.4 cm³/mol. The highest BCUT2D eigenvalue weighted by atomic mass is 35.5. The zero-order valence-corrected chi connectivity index (χ0v) is 13.5. The fraction of sp³-hybridized carbons (Fsp3) is 0.438. The molecule has 0 saturated carbocycles. The lowest BCUT2D eigenvalue weighted by molar-refractivity contribution is 0.173. The van der Waals surface area contributed by atoms with Crippen molar-refractivity contribution in [3.63, 3.8) is 0 Å². The SMILES string of the molecule is CCc1nn(C)c(Cl)c1CNCC(O)c1ccccc1C.